The van der Waals surface area contributed by atoms with Crippen LogP contribution in [0.4, 0.5) is 0 Å². The standard InChI is InChI=1S/C12H24O3Si/c1-6-9(4)16-15-10(5)11(7-2)14-12(13)8-3/h8-11H,3,6-7,16H2,1-2,4-5H3. The Kier molecular flexibility index (Phi) is 8.20. The Bertz CT molecular complexity index is 218. The number of hydrogen-bond acceptors (Lipinski definition) is 3. The molecule has 0 saturated heterocycles. The molecule has 0 aromatic heterocycles. The van der Waals surface area contributed by atoms with Crippen molar-refractivity contribution in [3.05, 3.63) is 12.7 Å². The van der Waals surface area contributed by atoms with Crippen LogP contribution in [0, 0.1) is 0 Å². The van der Waals surface area contributed by atoms with E-state index in [-0.39, 0.29) is 18.2 Å². The Morgan fingerprint density at radius 3 is 2.44 bits per heavy atom. The highest BCUT2D eigenvalue weighted by molar-refractivity contribution is 6.29. The average Bonchev–Trinajstić information content (AvgIpc) is 2.31. The van der Waals surface area contributed by atoms with Crippen molar-refractivity contribution < 1.29 is 14.0 Å². The van der Waals surface area contributed by atoms with Crippen molar-refractivity contribution in [2.75, 3.05) is 0 Å². The number of carbonyl (C=O) groups excluding carboxylic acids is 1. The number of carbonyl (C=O) groups is 1. The lowest BCUT2D eigenvalue weighted by molar-refractivity contribution is -0.147. The quantitative estimate of drug-likeness (QED) is 0.373. The second kappa shape index (κ2) is 8.53. The lowest BCUT2D eigenvalue weighted by atomic mass is 10.2. The normalized spacial score (nSPS) is 17.0. The van der Waals surface area contributed by atoms with Gasteiger partial charge in [0.15, 0.2) is 9.76 Å². The van der Waals surface area contributed by atoms with E-state index in [1.54, 1.807) is 0 Å². The fourth-order valence-corrected chi connectivity index (χ4v) is 2.33. The molecule has 0 rings (SSSR count). The third-order valence-electron chi connectivity index (χ3n) is 2.70. The zero-order valence-corrected chi connectivity index (χ0v) is 12.3. The summed E-state index contributed by atoms with van der Waals surface area (Å²) in [5.41, 5.74) is 0.676. The molecule has 3 nitrogen and oxygen atoms in total. The summed E-state index contributed by atoms with van der Waals surface area (Å²) in [6.07, 6.45) is 2.97. The van der Waals surface area contributed by atoms with Crippen LogP contribution in [0.5, 0.6) is 0 Å². The van der Waals surface area contributed by atoms with Crippen molar-refractivity contribution in [3.63, 3.8) is 0 Å². The van der Waals surface area contributed by atoms with Crippen molar-refractivity contribution in [1.29, 1.82) is 0 Å². The van der Waals surface area contributed by atoms with Crippen molar-refractivity contribution in [2.24, 2.45) is 0 Å². The van der Waals surface area contributed by atoms with Crippen LogP contribution < -0.4 is 0 Å². The topological polar surface area (TPSA) is 35.5 Å². The predicted octanol–water partition coefficient (Wildman–Crippen LogP) is 2.20. The summed E-state index contributed by atoms with van der Waals surface area (Å²) in [7, 11) is -0.521. The van der Waals surface area contributed by atoms with E-state index in [1.807, 2.05) is 13.8 Å². The van der Waals surface area contributed by atoms with Gasteiger partial charge in [-0.3, -0.25) is 0 Å². The molecule has 3 unspecified atom stereocenters. The Morgan fingerprint density at radius 1 is 1.38 bits per heavy atom. The highest BCUT2D eigenvalue weighted by Crippen LogP contribution is 2.12. The molecule has 0 bridgehead atoms. The number of hydrogen-bond donors (Lipinski definition) is 0. The second-order valence-corrected chi connectivity index (χ2v) is 6.20. The minimum absolute atomic E-state index is 0.00503. The van der Waals surface area contributed by atoms with E-state index in [9.17, 15) is 4.79 Å². The van der Waals surface area contributed by atoms with Crippen LogP contribution in [0.2, 0.25) is 5.54 Å². The van der Waals surface area contributed by atoms with Gasteiger partial charge in [0.2, 0.25) is 0 Å². The summed E-state index contributed by atoms with van der Waals surface area (Å²) in [6, 6.07) is 0. The van der Waals surface area contributed by atoms with Gasteiger partial charge in [-0.15, -0.1) is 0 Å². The third kappa shape index (κ3) is 6.08. The Hall–Kier alpha value is -0.613. The molecule has 3 atom stereocenters. The molecule has 16 heavy (non-hydrogen) atoms. The van der Waals surface area contributed by atoms with Crippen LogP contribution in [0.25, 0.3) is 0 Å². The molecule has 0 aliphatic rings. The van der Waals surface area contributed by atoms with Crippen LogP contribution in [-0.4, -0.2) is 27.9 Å². The molecule has 0 aliphatic carbocycles. The summed E-state index contributed by atoms with van der Waals surface area (Å²) in [5, 5.41) is 0. The maximum absolute atomic E-state index is 11.1. The van der Waals surface area contributed by atoms with Gasteiger partial charge in [0.25, 0.3) is 0 Å². The molecule has 0 fully saturated rings. The smallest absolute Gasteiger partial charge is 0.330 e. The van der Waals surface area contributed by atoms with Crippen molar-refractivity contribution in [3.8, 4) is 0 Å². The van der Waals surface area contributed by atoms with Crippen molar-refractivity contribution >= 4 is 15.7 Å². The number of ether oxygens (including phenoxy) is 1. The molecule has 4 heteroatoms. The van der Waals surface area contributed by atoms with Gasteiger partial charge in [0.1, 0.15) is 6.10 Å². The van der Waals surface area contributed by atoms with Gasteiger partial charge in [0.05, 0.1) is 6.10 Å². The minimum atomic E-state index is -0.521. The summed E-state index contributed by atoms with van der Waals surface area (Å²) in [4.78, 5) is 11.1. The predicted molar refractivity (Wildman–Crippen MR) is 69.2 cm³/mol. The molecule has 0 aliphatic heterocycles. The van der Waals surface area contributed by atoms with Gasteiger partial charge in [-0.2, -0.15) is 0 Å². The molecule has 0 radical (unpaired) electrons. The Morgan fingerprint density at radius 2 is 2.00 bits per heavy atom. The second-order valence-electron chi connectivity index (χ2n) is 4.14. The highest BCUT2D eigenvalue weighted by atomic mass is 28.2. The van der Waals surface area contributed by atoms with E-state index in [1.165, 1.54) is 6.08 Å². The van der Waals surface area contributed by atoms with E-state index in [4.69, 9.17) is 9.16 Å². The SMILES string of the molecule is C=CC(=O)OC(CC)C(C)O[SiH2]C(C)CC. The number of rotatable bonds is 8. The van der Waals surface area contributed by atoms with E-state index < -0.39 is 9.76 Å². The van der Waals surface area contributed by atoms with Gasteiger partial charge in [-0.05, 0) is 18.9 Å². The van der Waals surface area contributed by atoms with Crippen LogP contribution in [0.3, 0.4) is 0 Å². The van der Waals surface area contributed by atoms with Crippen LogP contribution in [-0.2, 0) is 14.0 Å². The molecule has 0 saturated carbocycles. The maximum Gasteiger partial charge on any atom is 0.330 e. The maximum atomic E-state index is 11.1. The largest absolute Gasteiger partial charge is 0.457 e. The monoisotopic (exact) mass is 244 g/mol. The first-order valence-corrected chi connectivity index (χ1v) is 7.39. The molecule has 0 amide bonds. The van der Waals surface area contributed by atoms with E-state index in [2.05, 4.69) is 20.4 Å². The van der Waals surface area contributed by atoms with E-state index in [0.717, 1.165) is 12.8 Å². The fourth-order valence-electron chi connectivity index (χ4n) is 1.25. The summed E-state index contributed by atoms with van der Waals surface area (Å²) < 4.78 is 11.0. The highest BCUT2D eigenvalue weighted by Gasteiger charge is 2.19. The molecule has 0 spiro atoms. The summed E-state index contributed by atoms with van der Waals surface area (Å²) >= 11 is 0. The van der Waals surface area contributed by atoms with Crippen molar-refractivity contribution in [1.82, 2.24) is 0 Å². The Balaban J connectivity index is 4.04. The van der Waals surface area contributed by atoms with Crippen molar-refractivity contribution in [2.45, 2.75) is 58.3 Å². The molecular weight excluding hydrogens is 220 g/mol. The summed E-state index contributed by atoms with van der Waals surface area (Å²) in [6.45, 7) is 11.7. The van der Waals surface area contributed by atoms with Crippen LogP contribution in [0.15, 0.2) is 12.7 Å². The zero-order valence-electron chi connectivity index (χ0n) is 10.9. The van der Waals surface area contributed by atoms with E-state index >= 15 is 0 Å². The zero-order chi connectivity index (χ0) is 12.6. The van der Waals surface area contributed by atoms with E-state index in [0.29, 0.717) is 5.54 Å². The lowest BCUT2D eigenvalue weighted by Crippen LogP contribution is -2.32. The average molecular weight is 244 g/mol. The molecule has 0 heterocycles. The molecule has 0 aromatic rings. The van der Waals surface area contributed by atoms with Crippen LogP contribution in [0.1, 0.15) is 40.5 Å². The molecule has 94 valence electrons. The molecular formula is C12H24O3Si. The number of esters is 1. The van der Waals surface area contributed by atoms with Gasteiger partial charge in [-0.25, -0.2) is 4.79 Å². The fraction of sp³-hybridized carbons (Fsp3) is 0.750. The van der Waals surface area contributed by atoms with Gasteiger partial charge < -0.3 is 9.16 Å². The first-order valence-electron chi connectivity index (χ1n) is 5.99. The van der Waals surface area contributed by atoms with Gasteiger partial charge in [-0.1, -0.05) is 33.8 Å². The minimum Gasteiger partial charge on any atom is -0.457 e. The third-order valence-corrected chi connectivity index (χ3v) is 4.57. The first-order chi connectivity index (χ1) is 7.54. The Labute approximate surface area is 101 Å². The lowest BCUT2D eigenvalue weighted by Gasteiger charge is -2.24. The first kappa shape index (κ1) is 15.4. The summed E-state index contributed by atoms with van der Waals surface area (Å²) in [5.74, 6) is -0.368. The van der Waals surface area contributed by atoms with Gasteiger partial charge in [0, 0.05) is 6.08 Å². The molecule has 0 N–H and O–H groups in total. The van der Waals surface area contributed by atoms with Crippen LogP contribution >= 0.6 is 0 Å². The molecule has 0 aromatic carbocycles. The van der Waals surface area contributed by atoms with Gasteiger partial charge >= 0.3 is 5.97 Å².